The number of rotatable bonds is 6. The van der Waals surface area contributed by atoms with Crippen molar-refractivity contribution >= 4 is 11.6 Å². The van der Waals surface area contributed by atoms with Crippen LogP contribution in [0.1, 0.15) is 5.69 Å². The molecule has 0 radical (unpaired) electrons. The average Bonchev–Trinajstić information content (AvgIpc) is 3.10. The summed E-state index contributed by atoms with van der Waals surface area (Å²) in [6, 6.07) is 12.8. The van der Waals surface area contributed by atoms with Gasteiger partial charge in [0.1, 0.15) is 17.3 Å². The summed E-state index contributed by atoms with van der Waals surface area (Å²) in [5, 5.41) is 6.58. The number of hydrogen-bond donors (Lipinski definition) is 1. The van der Waals surface area contributed by atoms with Crippen LogP contribution >= 0.6 is 0 Å². The third kappa shape index (κ3) is 3.83. The molecule has 0 aliphatic carbocycles. The van der Waals surface area contributed by atoms with Gasteiger partial charge >= 0.3 is 0 Å². The third-order valence-electron chi connectivity index (χ3n) is 3.72. The molecule has 134 valence electrons. The van der Waals surface area contributed by atoms with Crippen LogP contribution in [0.4, 0.5) is 10.1 Å². The van der Waals surface area contributed by atoms with E-state index in [2.05, 4.69) is 10.5 Å². The lowest BCUT2D eigenvalue weighted by molar-refractivity contribution is -0.115. The monoisotopic (exact) mass is 356 g/mol. The van der Waals surface area contributed by atoms with Crippen molar-refractivity contribution in [3.63, 3.8) is 0 Å². The Balaban J connectivity index is 1.71. The smallest absolute Gasteiger partial charge is 0.230 e. The molecule has 1 N–H and O–H groups in total. The zero-order chi connectivity index (χ0) is 18.5. The molecule has 7 heteroatoms. The zero-order valence-electron chi connectivity index (χ0n) is 14.3. The van der Waals surface area contributed by atoms with E-state index in [1.165, 1.54) is 13.2 Å². The largest absolute Gasteiger partial charge is 0.497 e. The molecule has 3 rings (SSSR count). The number of nitrogens with one attached hydrogen (secondary N) is 1. The Kier molecular flexibility index (Phi) is 5.17. The van der Waals surface area contributed by atoms with Crippen molar-refractivity contribution < 1.29 is 23.2 Å². The summed E-state index contributed by atoms with van der Waals surface area (Å²) in [7, 11) is 3.05. The number of nitrogens with zero attached hydrogens (tertiary/aromatic N) is 1. The molecule has 26 heavy (non-hydrogen) atoms. The van der Waals surface area contributed by atoms with Gasteiger partial charge in [0.05, 0.1) is 37.6 Å². The van der Waals surface area contributed by atoms with E-state index in [9.17, 15) is 9.18 Å². The van der Waals surface area contributed by atoms with Gasteiger partial charge in [0, 0.05) is 12.1 Å². The minimum Gasteiger partial charge on any atom is -0.497 e. The first-order chi connectivity index (χ1) is 12.6. The van der Waals surface area contributed by atoms with Gasteiger partial charge in [-0.2, -0.15) is 0 Å². The van der Waals surface area contributed by atoms with Crippen molar-refractivity contribution in [2.24, 2.45) is 0 Å². The van der Waals surface area contributed by atoms with E-state index in [1.807, 2.05) is 0 Å². The van der Waals surface area contributed by atoms with Crippen LogP contribution in [-0.2, 0) is 11.2 Å². The Bertz CT molecular complexity index is 923. The minimum atomic E-state index is -0.414. The van der Waals surface area contributed by atoms with E-state index < -0.39 is 5.82 Å². The van der Waals surface area contributed by atoms with Crippen LogP contribution in [0.3, 0.4) is 0 Å². The lowest BCUT2D eigenvalue weighted by atomic mass is 10.1. The molecule has 3 aromatic rings. The fourth-order valence-corrected chi connectivity index (χ4v) is 2.44. The molecule has 1 heterocycles. The number of benzene rings is 2. The summed E-state index contributed by atoms with van der Waals surface area (Å²) < 4.78 is 29.3. The summed E-state index contributed by atoms with van der Waals surface area (Å²) in [4.78, 5) is 12.3. The molecular weight excluding hydrogens is 339 g/mol. The predicted molar refractivity (Wildman–Crippen MR) is 93.8 cm³/mol. The zero-order valence-corrected chi connectivity index (χ0v) is 14.3. The lowest BCUT2D eigenvalue weighted by Gasteiger charge is -2.11. The molecule has 1 amide bonds. The quantitative estimate of drug-likeness (QED) is 0.729. The first-order valence-corrected chi connectivity index (χ1v) is 7.83. The summed E-state index contributed by atoms with van der Waals surface area (Å²) in [6.45, 7) is 0. The molecule has 0 fully saturated rings. The van der Waals surface area contributed by atoms with Crippen LogP contribution < -0.4 is 14.8 Å². The first kappa shape index (κ1) is 17.5. The number of aromatic nitrogens is 1. The number of ether oxygens (including phenoxy) is 2. The van der Waals surface area contributed by atoms with Crippen molar-refractivity contribution in [3.8, 4) is 22.8 Å². The molecule has 0 atom stereocenters. The Morgan fingerprint density at radius 3 is 2.69 bits per heavy atom. The number of halogens is 1. The maximum absolute atomic E-state index is 13.8. The maximum atomic E-state index is 13.8. The van der Waals surface area contributed by atoms with Crippen molar-refractivity contribution in [1.29, 1.82) is 0 Å². The highest BCUT2D eigenvalue weighted by molar-refractivity contribution is 5.93. The van der Waals surface area contributed by atoms with Gasteiger partial charge in [-0.25, -0.2) is 4.39 Å². The van der Waals surface area contributed by atoms with Crippen molar-refractivity contribution in [2.45, 2.75) is 6.42 Å². The molecule has 0 spiro atoms. The van der Waals surface area contributed by atoms with Crippen molar-refractivity contribution in [3.05, 3.63) is 60.0 Å². The van der Waals surface area contributed by atoms with Gasteiger partial charge in [0.15, 0.2) is 5.76 Å². The van der Waals surface area contributed by atoms with Gasteiger partial charge in [0.2, 0.25) is 5.91 Å². The predicted octanol–water partition coefficient (Wildman–Crippen LogP) is 3.68. The van der Waals surface area contributed by atoms with E-state index >= 15 is 0 Å². The molecule has 1 aromatic heterocycles. The Morgan fingerprint density at radius 2 is 1.96 bits per heavy atom. The minimum absolute atomic E-state index is 0.0207. The van der Waals surface area contributed by atoms with Crippen molar-refractivity contribution in [2.75, 3.05) is 19.5 Å². The first-order valence-electron chi connectivity index (χ1n) is 7.83. The van der Waals surface area contributed by atoms with Crippen LogP contribution in [-0.4, -0.2) is 25.3 Å². The molecule has 6 nitrogen and oxygen atoms in total. The SMILES string of the molecule is COc1ccc(NC(=O)Cc2cc(-c3ccccc3F)on2)c(OC)c1. The van der Waals surface area contributed by atoms with Gasteiger partial charge in [0.25, 0.3) is 0 Å². The van der Waals surface area contributed by atoms with E-state index in [0.29, 0.717) is 28.4 Å². The highest BCUT2D eigenvalue weighted by Crippen LogP contribution is 2.29. The molecule has 0 aliphatic rings. The van der Waals surface area contributed by atoms with E-state index in [-0.39, 0.29) is 18.1 Å². The second-order valence-corrected chi connectivity index (χ2v) is 5.45. The molecule has 0 unspecified atom stereocenters. The highest BCUT2D eigenvalue weighted by Gasteiger charge is 2.15. The average molecular weight is 356 g/mol. The van der Waals surface area contributed by atoms with Gasteiger partial charge in [-0.3, -0.25) is 4.79 Å². The topological polar surface area (TPSA) is 73.6 Å². The molecule has 0 bridgehead atoms. The van der Waals surface area contributed by atoms with Crippen LogP contribution in [0.25, 0.3) is 11.3 Å². The second kappa shape index (κ2) is 7.69. The fraction of sp³-hybridized carbons (Fsp3) is 0.158. The lowest BCUT2D eigenvalue weighted by Crippen LogP contribution is -2.15. The molecular formula is C19H17FN2O4. The molecule has 0 saturated carbocycles. The number of methoxy groups -OCH3 is 2. The molecule has 0 saturated heterocycles. The van der Waals surface area contributed by atoms with E-state index in [1.54, 1.807) is 49.6 Å². The highest BCUT2D eigenvalue weighted by atomic mass is 19.1. The number of carbonyl (C=O) groups is 1. The van der Waals surface area contributed by atoms with Gasteiger partial charge < -0.3 is 19.3 Å². The Morgan fingerprint density at radius 1 is 1.15 bits per heavy atom. The third-order valence-corrected chi connectivity index (χ3v) is 3.72. The summed E-state index contributed by atoms with van der Waals surface area (Å²) in [6.07, 6.45) is -0.0207. The van der Waals surface area contributed by atoms with E-state index in [4.69, 9.17) is 14.0 Å². The van der Waals surface area contributed by atoms with E-state index in [0.717, 1.165) is 0 Å². The maximum Gasteiger partial charge on any atom is 0.230 e. The van der Waals surface area contributed by atoms with Gasteiger partial charge in [-0.15, -0.1) is 0 Å². The molecule has 2 aromatic carbocycles. The summed E-state index contributed by atoms with van der Waals surface area (Å²) >= 11 is 0. The van der Waals surface area contributed by atoms with Crippen molar-refractivity contribution in [1.82, 2.24) is 5.16 Å². The van der Waals surface area contributed by atoms with Crippen LogP contribution in [0, 0.1) is 5.82 Å². The fourth-order valence-electron chi connectivity index (χ4n) is 2.44. The van der Waals surface area contributed by atoms with Crippen LogP contribution in [0.5, 0.6) is 11.5 Å². The second-order valence-electron chi connectivity index (χ2n) is 5.45. The molecule has 0 aliphatic heterocycles. The van der Waals surface area contributed by atoms with Crippen LogP contribution in [0.15, 0.2) is 53.1 Å². The van der Waals surface area contributed by atoms with Gasteiger partial charge in [-0.05, 0) is 24.3 Å². The number of carbonyl (C=O) groups excluding carboxylic acids is 1. The van der Waals surface area contributed by atoms with Crippen LogP contribution in [0.2, 0.25) is 0 Å². The van der Waals surface area contributed by atoms with Gasteiger partial charge in [-0.1, -0.05) is 17.3 Å². The standard InChI is InChI=1S/C19H17FN2O4/c1-24-13-7-8-16(18(11-13)25-2)21-19(23)10-12-9-17(26-22-12)14-5-3-4-6-15(14)20/h3-9,11H,10H2,1-2H3,(H,21,23). The number of anilines is 1. The summed E-state index contributed by atoms with van der Waals surface area (Å²) in [5.74, 6) is 0.646. The Labute approximate surface area is 149 Å². The summed E-state index contributed by atoms with van der Waals surface area (Å²) in [5.41, 5.74) is 1.20. The number of hydrogen-bond acceptors (Lipinski definition) is 5. The number of amides is 1. The Hall–Kier alpha value is -3.35. The normalized spacial score (nSPS) is 10.4.